The Bertz CT molecular complexity index is 980. The van der Waals surface area contributed by atoms with Gasteiger partial charge in [0.15, 0.2) is 6.29 Å². The van der Waals surface area contributed by atoms with Gasteiger partial charge in [0.1, 0.15) is 18.2 Å². The number of nitrogen functional groups attached to an aromatic ring is 2. The van der Waals surface area contributed by atoms with Crippen molar-refractivity contribution in [2.24, 2.45) is 0 Å². The zero-order valence-electron chi connectivity index (χ0n) is 14.7. The lowest BCUT2D eigenvalue weighted by molar-refractivity contribution is -0.106. The summed E-state index contributed by atoms with van der Waals surface area (Å²) in [7, 11) is 3.07. The van der Waals surface area contributed by atoms with Gasteiger partial charge in [-0.2, -0.15) is 4.98 Å². The van der Waals surface area contributed by atoms with Crippen molar-refractivity contribution in [2.45, 2.75) is 12.9 Å². The number of hydrogen-bond acceptors (Lipinski definition) is 7. The summed E-state index contributed by atoms with van der Waals surface area (Å²) in [6.45, 7) is 0.179. The van der Waals surface area contributed by atoms with Gasteiger partial charge in [-0.05, 0) is 29.8 Å². The van der Waals surface area contributed by atoms with Crippen LogP contribution < -0.4 is 16.2 Å². The molecule has 9 heteroatoms. The normalized spacial score (nSPS) is 11.3. The molecule has 0 atom stereocenters. The van der Waals surface area contributed by atoms with Gasteiger partial charge in [-0.15, -0.1) is 0 Å². The van der Waals surface area contributed by atoms with Crippen LogP contribution in [0.3, 0.4) is 0 Å². The predicted molar refractivity (Wildman–Crippen MR) is 106 cm³/mol. The third kappa shape index (κ3) is 4.01. The molecule has 0 saturated carbocycles. The molecule has 3 aromatic rings. The molecule has 0 fully saturated rings. The van der Waals surface area contributed by atoms with Crippen molar-refractivity contribution in [3.05, 3.63) is 51.5 Å². The highest BCUT2D eigenvalue weighted by atomic mass is 35.5. The minimum absolute atomic E-state index is 0.104. The number of nitrogens with zero attached hydrogens (tertiary/aromatic N) is 2. The number of nitrogens with two attached hydrogens (primary N) is 2. The van der Waals surface area contributed by atoms with Gasteiger partial charge in [0, 0.05) is 19.8 Å². The maximum atomic E-state index is 6.17. The predicted octanol–water partition coefficient (Wildman–Crippen LogP) is 3.97. The standard InChI is InChI=1S/C18H18Cl2N4O3/c1-25-17(26-2)10-7-12(20)11(19)6-9(10)8-27-14-5-3-4-13-15(14)16(21)24-18(22)23-13/h3-7,17H,8H2,1-2H3,(H4,21,22,23,24). The van der Waals surface area contributed by atoms with E-state index in [1.807, 2.05) is 0 Å². The first-order valence-electron chi connectivity index (χ1n) is 7.92. The fourth-order valence-corrected chi connectivity index (χ4v) is 3.13. The molecule has 2 aromatic carbocycles. The second-order valence-electron chi connectivity index (χ2n) is 5.67. The first-order chi connectivity index (χ1) is 12.9. The molecule has 142 valence electrons. The largest absolute Gasteiger partial charge is 0.488 e. The van der Waals surface area contributed by atoms with Gasteiger partial charge in [0.25, 0.3) is 0 Å². The van der Waals surface area contributed by atoms with Crippen LogP contribution in [0.2, 0.25) is 10.0 Å². The summed E-state index contributed by atoms with van der Waals surface area (Å²) in [6.07, 6.45) is -0.612. The molecule has 0 saturated heterocycles. The van der Waals surface area contributed by atoms with E-state index >= 15 is 0 Å². The molecule has 7 nitrogen and oxygen atoms in total. The molecule has 0 aliphatic rings. The van der Waals surface area contributed by atoms with Crippen molar-refractivity contribution in [1.29, 1.82) is 0 Å². The van der Waals surface area contributed by atoms with Crippen LogP contribution in [0.4, 0.5) is 11.8 Å². The molecule has 3 rings (SSSR count). The number of halogens is 2. The number of hydrogen-bond donors (Lipinski definition) is 2. The number of ether oxygens (including phenoxy) is 3. The van der Waals surface area contributed by atoms with E-state index in [-0.39, 0.29) is 18.4 Å². The van der Waals surface area contributed by atoms with Crippen LogP contribution in [0.1, 0.15) is 17.4 Å². The van der Waals surface area contributed by atoms with E-state index in [4.69, 9.17) is 48.9 Å². The van der Waals surface area contributed by atoms with Crippen LogP contribution in [0, 0.1) is 0 Å². The molecule has 0 amide bonds. The molecular weight excluding hydrogens is 391 g/mol. The maximum Gasteiger partial charge on any atom is 0.222 e. The van der Waals surface area contributed by atoms with Crippen LogP contribution in [0.25, 0.3) is 10.9 Å². The Morgan fingerprint density at radius 2 is 1.74 bits per heavy atom. The highest BCUT2D eigenvalue weighted by molar-refractivity contribution is 6.42. The van der Waals surface area contributed by atoms with Gasteiger partial charge < -0.3 is 25.7 Å². The third-order valence-corrected chi connectivity index (χ3v) is 4.70. The first-order valence-corrected chi connectivity index (χ1v) is 8.68. The van der Waals surface area contributed by atoms with Crippen molar-refractivity contribution >= 4 is 45.9 Å². The van der Waals surface area contributed by atoms with Gasteiger partial charge in [0.05, 0.1) is 20.9 Å². The zero-order valence-corrected chi connectivity index (χ0v) is 16.2. The average Bonchev–Trinajstić information content (AvgIpc) is 2.63. The minimum Gasteiger partial charge on any atom is -0.488 e. The molecule has 0 spiro atoms. The maximum absolute atomic E-state index is 6.17. The summed E-state index contributed by atoms with van der Waals surface area (Å²) in [4.78, 5) is 8.18. The Morgan fingerprint density at radius 1 is 1.04 bits per heavy atom. The number of rotatable bonds is 6. The highest BCUT2D eigenvalue weighted by Gasteiger charge is 2.18. The van der Waals surface area contributed by atoms with Crippen LogP contribution >= 0.6 is 23.2 Å². The second-order valence-corrected chi connectivity index (χ2v) is 6.49. The van der Waals surface area contributed by atoms with E-state index in [1.165, 1.54) is 14.2 Å². The Labute approximate surface area is 166 Å². The summed E-state index contributed by atoms with van der Waals surface area (Å²) in [5.41, 5.74) is 13.7. The van der Waals surface area contributed by atoms with E-state index in [9.17, 15) is 0 Å². The van der Waals surface area contributed by atoms with Crippen molar-refractivity contribution in [1.82, 2.24) is 9.97 Å². The lowest BCUT2D eigenvalue weighted by Crippen LogP contribution is -2.10. The van der Waals surface area contributed by atoms with E-state index in [1.54, 1.807) is 30.3 Å². The van der Waals surface area contributed by atoms with Crippen LogP contribution in [0.15, 0.2) is 30.3 Å². The lowest BCUT2D eigenvalue weighted by atomic mass is 10.1. The summed E-state index contributed by atoms with van der Waals surface area (Å²) in [5.74, 6) is 0.870. The molecule has 0 radical (unpaired) electrons. The Balaban J connectivity index is 1.98. The van der Waals surface area contributed by atoms with Crippen molar-refractivity contribution < 1.29 is 14.2 Å². The number of benzene rings is 2. The van der Waals surface area contributed by atoms with Crippen LogP contribution in [-0.4, -0.2) is 24.2 Å². The van der Waals surface area contributed by atoms with Crippen molar-refractivity contribution in [3.63, 3.8) is 0 Å². The molecule has 0 aliphatic carbocycles. The molecular formula is C18H18Cl2N4O3. The lowest BCUT2D eigenvalue weighted by Gasteiger charge is -2.19. The number of anilines is 2. The van der Waals surface area contributed by atoms with Gasteiger partial charge in [-0.1, -0.05) is 29.3 Å². The third-order valence-electron chi connectivity index (χ3n) is 3.98. The van der Waals surface area contributed by atoms with Crippen molar-refractivity contribution in [2.75, 3.05) is 25.7 Å². The van der Waals surface area contributed by atoms with E-state index < -0.39 is 6.29 Å². The molecule has 4 N–H and O–H groups in total. The van der Waals surface area contributed by atoms with Gasteiger partial charge in [-0.25, -0.2) is 4.98 Å². The van der Waals surface area contributed by atoms with E-state index in [0.29, 0.717) is 32.3 Å². The topological polar surface area (TPSA) is 106 Å². The van der Waals surface area contributed by atoms with Gasteiger partial charge in [-0.3, -0.25) is 0 Å². The zero-order chi connectivity index (χ0) is 19.6. The SMILES string of the molecule is COC(OC)c1cc(Cl)c(Cl)cc1COc1cccc2nc(N)nc(N)c12. The summed E-state index contributed by atoms with van der Waals surface area (Å²) >= 11 is 12.3. The fourth-order valence-electron chi connectivity index (χ4n) is 2.77. The number of fused-ring (bicyclic) bond motifs is 1. The monoisotopic (exact) mass is 408 g/mol. The summed E-state index contributed by atoms with van der Waals surface area (Å²) in [5, 5.41) is 1.38. The van der Waals surface area contributed by atoms with Crippen LogP contribution in [-0.2, 0) is 16.1 Å². The average molecular weight is 409 g/mol. The van der Waals surface area contributed by atoms with Crippen LogP contribution in [0.5, 0.6) is 5.75 Å². The molecule has 0 unspecified atom stereocenters. The smallest absolute Gasteiger partial charge is 0.222 e. The molecule has 1 aromatic heterocycles. The second kappa shape index (κ2) is 8.14. The summed E-state index contributed by atoms with van der Waals surface area (Å²) < 4.78 is 16.7. The molecule has 1 heterocycles. The van der Waals surface area contributed by atoms with Crippen molar-refractivity contribution in [3.8, 4) is 5.75 Å². The highest BCUT2D eigenvalue weighted by Crippen LogP contribution is 2.33. The number of aromatic nitrogens is 2. The molecule has 0 aliphatic heterocycles. The molecule has 27 heavy (non-hydrogen) atoms. The minimum atomic E-state index is -0.612. The fraction of sp³-hybridized carbons (Fsp3) is 0.222. The quantitative estimate of drug-likeness (QED) is 0.594. The van der Waals surface area contributed by atoms with E-state index in [2.05, 4.69) is 9.97 Å². The van der Waals surface area contributed by atoms with Gasteiger partial charge in [0.2, 0.25) is 5.95 Å². The summed E-state index contributed by atoms with van der Waals surface area (Å²) in [6, 6.07) is 8.77. The Hall–Kier alpha value is -2.32. The molecule has 0 bridgehead atoms. The number of methoxy groups -OCH3 is 2. The first kappa shape index (κ1) is 19.4. The van der Waals surface area contributed by atoms with E-state index in [0.717, 1.165) is 5.56 Å². The van der Waals surface area contributed by atoms with Gasteiger partial charge >= 0.3 is 0 Å². The Morgan fingerprint density at radius 3 is 2.44 bits per heavy atom. The Kier molecular flexibility index (Phi) is 5.86.